The summed E-state index contributed by atoms with van der Waals surface area (Å²) in [6.07, 6.45) is 28.9. The number of rotatable bonds is 24. The quantitative estimate of drug-likeness (QED) is 0.128. The van der Waals surface area contributed by atoms with Crippen molar-refractivity contribution in [3.05, 3.63) is 0 Å². The number of carboxylic acids is 1. The van der Waals surface area contributed by atoms with Gasteiger partial charge in [-0.1, -0.05) is 122 Å². The van der Waals surface area contributed by atoms with Gasteiger partial charge in [0.05, 0.1) is 6.61 Å². The molecule has 0 atom stereocenters. The summed E-state index contributed by atoms with van der Waals surface area (Å²) in [5.41, 5.74) is 0.236. The predicted octanol–water partition coefficient (Wildman–Crippen LogP) is 10.5. The minimum atomic E-state index is -0.655. The van der Waals surface area contributed by atoms with Gasteiger partial charge in [0.2, 0.25) is 0 Å². The molecule has 0 aromatic carbocycles. The second kappa shape index (κ2) is 20.3. The normalized spacial score (nSPS) is 17.9. The van der Waals surface area contributed by atoms with Gasteiger partial charge in [0.1, 0.15) is 0 Å². The zero-order chi connectivity index (χ0) is 27.4. The highest BCUT2D eigenvalue weighted by Crippen LogP contribution is 2.43. The lowest BCUT2D eigenvalue weighted by molar-refractivity contribution is -0.288. The van der Waals surface area contributed by atoms with Gasteiger partial charge in [0.15, 0.2) is 0 Å². The standard InChI is InChI=1S/C33H65NO3/c1-6-7-8-9-21-24-27-37-34-32(2,3)28-30(29-33(34,4)5)25-22-19-17-15-13-11-10-12-14-16-18-20-23-26-31(35)36/h30H,6-29H2,1-5H3,(H,35,36). The Labute approximate surface area is 231 Å². The van der Waals surface area contributed by atoms with E-state index in [4.69, 9.17) is 9.94 Å². The van der Waals surface area contributed by atoms with Gasteiger partial charge in [0.25, 0.3) is 0 Å². The molecule has 1 aliphatic rings. The molecule has 1 heterocycles. The number of carboxylic acid groups (broad SMARTS) is 1. The summed E-state index contributed by atoms with van der Waals surface area (Å²) in [5.74, 6) is 0.167. The Kier molecular flexibility index (Phi) is 18.9. The summed E-state index contributed by atoms with van der Waals surface area (Å²) >= 11 is 0. The Bertz CT molecular complexity index is 542. The summed E-state index contributed by atoms with van der Waals surface area (Å²) in [6.45, 7) is 12.7. The molecule has 1 fully saturated rings. The second-order valence-electron chi connectivity index (χ2n) is 13.3. The van der Waals surface area contributed by atoms with E-state index in [2.05, 4.69) is 39.7 Å². The van der Waals surface area contributed by atoms with Crippen molar-refractivity contribution >= 4 is 5.97 Å². The van der Waals surface area contributed by atoms with Gasteiger partial charge >= 0.3 is 5.97 Å². The first kappa shape index (κ1) is 34.4. The van der Waals surface area contributed by atoms with Crippen LogP contribution in [0.3, 0.4) is 0 Å². The van der Waals surface area contributed by atoms with Crippen LogP contribution < -0.4 is 0 Å². The van der Waals surface area contributed by atoms with E-state index < -0.39 is 5.97 Å². The summed E-state index contributed by atoms with van der Waals surface area (Å²) in [4.78, 5) is 16.9. The summed E-state index contributed by atoms with van der Waals surface area (Å²) < 4.78 is 0. The van der Waals surface area contributed by atoms with Crippen molar-refractivity contribution in [3.63, 3.8) is 0 Å². The van der Waals surface area contributed by atoms with Crippen molar-refractivity contribution in [2.45, 2.75) is 193 Å². The Morgan fingerprint density at radius 1 is 0.676 bits per heavy atom. The van der Waals surface area contributed by atoms with Crippen molar-refractivity contribution in [1.82, 2.24) is 5.06 Å². The van der Waals surface area contributed by atoms with Gasteiger partial charge in [-0.25, -0.2) is 0 Å². The van der Waals surface area contributed by atoms with Crippen molar-refractivity contribution in [2.24, 2.45) is 5.92 Å². The SMILES string of the molecule is CCCCCCCCON1C(C)(C)CC(CCCCCCCCCCCCCCCC(=O)O)CC1(C)C. The molecule has 1 rings (SSSR count). The van der Waals surface area contributed by atoms with Crippen molar-refractivity contribution in [2.75, 3.05) is 6.61 Å². The minimum Gasteiger partial charge on any atom is -0.481 e. The monoisotopic (exact) mass is 523 g/mol. The molecule has 0 radical (unpaired) electrons. The molecule has 4 nitrogen and oxygen atoms in total. The van der Waals surface area contributed by atoms with Crippen LogP contribution in [0, 0.1) is 5.92 Å². The van der Waals surface area contributed by atoms with E-state index in [-0.39, 0.29) is 11.1 Å². The topological polar surface area (TPSA) is 49.8 Å². The molecule has 4 heteroatoms. The third-order valence-corrected chi connectivity index (χ3v) is 8.40. The Morgan fingerprint density at radius 2 is 1.08 bits per heavy atom. The zero-order valence-corrected chi connectivity index (χ0v) is 25.8. The fourth-order valence-corrected chi connectivity index (χ4v) is 6.72. The average Bonchev–Trinajstić information content (AvgIpc) is 2.81. The van der Waals surface area contributed by atoms with Crippen LogP contribution >= 0.6 is 0 Å². The van der Waals surface area contributed by atoms with Gasteiger partial charge in [-0.3, -0.25) is 9.63 Å². The number of nitrogens with zero attached hydrogens (tertiary/aromatic N) is 1. The minimum absolute atomic E-state index is 0.118. The molecule has 0 aliphatic carbocycles. The highest BCUT2D eigenvalue weighted by molar-refractivity contribution is 5.66. The first-order chi connectivity index (χ1) is 17.7. The Hall–Kier alpha value is -0.610. The van der Waals surface area contributed by atoms with Gasteiger partial charge in [-0.05, 0) is 59.3 Å². The van der Waals surface area contributed by atoms with Crippen molar-refractivity contribution in [1.29, 1.82) is 0 Å². The molecule has 0 aromatic rings. The molecule has 1 aliphatic heterocycles. The van der Waals surface area contributed by atoms with E-state index in [0.717, 1.165) is 25.4 Å². The van der Waals surface area contributed by atoms with Crippen LogP contribution in [0.15, 0.2) is 0 Å². The van der Waals surface area contributed by atoms with E-state index in [1.165, 1.54) is 128 Å². The smallest absolute Gasteiger partial charge is 0.303 e. The maximum Gasteiger partial charge on any atom is 0.303 e. The van der Waals surface area contributed by atoms with Gasteiger partial charge in [0, 0.05) is 17.5 Å². The highest BCUT2D eigenvalue weighted by Gasteiger charge is 2.46. The van der Waals surface area contributed by atoms with Crippen LogP contribution in [0.1, 0.15) is 182 Å². The Morgan fingerprint density at radius 3 is 1.54 bits per heavy atom. The largest absolute Gasteiger partial charge is 0.481 e. The molecule has 37 heavy (non-hydrogen) atoms. The summed E-state index contributed by atoms with van der Waals surface area (Å²) in [7, 11) is 0. The third kappa shape index (κ3) is 16.9. The molecule has 220 valence electrons. The molecule has 1 N–H and O–H groups in total. The van der Waals surface area contributed by atoms with Crippen LogP contribution in [-0.2, 0) is 9.63 Å². The number of hydroxylamine groups is 2. The molecule has 0 spiro atoms. The van der Waals surface area contributed by atoms with E-state index in [0.29, 0.717) is 6.42 Å². The summed E-state index contributed by atoms with van der Waals surface area (Å²) in [5, 5.41) is 11.0. The highest BCUT2D eigenvalue weighted by atomic mass is 16.7. The number of hydrogen-bond acceptors (Lipinski definition) is 3. The van der Waals surface area contributed by atoms with Crippen LogP contribution in [0.4, 0.5) is 0 Å². The van der Waals surface area contributed by atoms with Crippen molar-refractivity contribution in [3.8, 4) is 0 Å². The van der Waals surface area contributed by atoms with Crippen LogP contribution in [-0.4, -0.2) is 33.8 Å². The first-order valence-corrected chi connectivity index (χ1v) is 16.3. The van der Waals surface area contributed by atoms with Gasteiger partial charge in [-0.2, -0.15) is 5.06 Å². The Balaban J connectivity index is 2.05. The molecule has 0 aromatic heterocycles. The van der Waals surface area contributed by atoms with E-state index in [1.54, 1.807) is 0 Å². The zero-order valence-electron chi connectivity index (χ0n) is 25.8. The molecule has 0 amide bonds. The lowest BCUT2D eigenvalue weighted by atomic mass is 9.73. The van der Waals surface area contributed by atoms with E-state index in [1.807, 2.05) is 0 Å². The van der Waals surface area contributed by atoms with E-state index in [9.17, 15) is 4.79 Å². The molecule has 0 unspecified atom stereocenters. The predicted molar refractivity (Wildman–Crippen MR) is 159 cm³/mol. The number of hydrogen-bond donors (Lipinski definition) is 1. The van der Waals surface area contributed by atoms with Gasteiger partial charge in [-0.15, -0.1) is 0 Å². The van der Waals surface area contributed by atoms with Gasteiger partial charge < -0.3 is 5.11 Å². The fourth-order valence-electron chi connectivity index (χ4n) is 6.72. The molecule has 0 saturated carbocycles. The molecule has 0 bridgehead atoms. The second-order valence-corrected chi connectivity index (χ2v) is 13.3. The third-order valence-electron chi connectivity index (χ3n) is 8.40. The number of carbonyl (C=O) groups is 1. The molecular formula is C33H65NO3. The van der Waals surface area contributed by atoms with Crippen LogP contribution in [0.2, 0.25) is 0 Å². The first-order valence-electron chi connectivity index (χ1n) is 16.3. The van der Waals surface area contributed by atoms with E-state index >= 15 is 0 Å². The fraction of sp³-hybridized carbons (Fsp3) is 0.970. The summed E-state index contributed by atoms with van der Waals surface area (Å²) in [6, 6.07) is 0. The van der Waals surface area contributed by atoms with Crippen LogP contribution in [0.5, 0.6) is 0 Å². The lowest BCUT2D eigenvalue weighted by Crippen LogP contribution is -2.60. The maximum atomic E-state index is 10.5. The number of piperidine rings is 1. The number of unbranched alkanes of at least 4 members (excludes halogenated alkanes) is 17. The number of aliphatic carboxylic acids is 1. The lowest BCUT2D eigenvalue weighted by Gasteiger charge is -2.54. The average molecular weight is 524 g/mol. The molecule has 1 saturated heterocycles. The molecular weight excluding hydrogens is 458 g/mol. The van der Waals surface area contributed by atoms with Crippen LogP contribution in [0.25, 0.3) is 0 Å². The van der Waals surface area contributed by atoms with Crippen molar-refractivity contribution < 1.29 is 14.7 Å². The maximum absolute atomic E-state index is 10.5.